The van der Waals surface area contributed by atoms with Crippen LogP contribution in [-0.4, -0.2) is 35.1 Å². The van der Waals surface area contributed by atoms with Crippen molar-refractivity contribution >= 4 is 29.4 Å². The highest BCUT2D eigenvalue weighted by atomic mass is 32.2. The van der Waals surface area contributed by atoms with Crippen LogP contribution in [0.2, 0.25) is 0 Å². The first-order chi connectivity index (χ1) is 14.2. The van der Waals surface area contributed by atoms with E-state index in [0.29, 0.717) is 5.56 Å². The van der Waals surface area contributed by atoms with E-state index in [1.54, 1.807) is 18.2 Å². The van der Waals surface area contributed by atoms with Crippen LogP contribution in [0.1, 0.15) is 5.56 Å². The van der Waals surface area contributed by atoms with Gasteiger partial charge in [0.1, 0.15) is 18.3 Å². The molecule has 0 saturated carbocycles. The predicted octanol–water partition coefficient (Wildman–Crippen LogP) is 3.38. The molecule has 11 heteroatoms. The van der Waals surface area contributed by atoms with Crippen LogP contribution >= 0.6 is 11.8 Å². The highest BCUT2D eigenvalue weighted by Gasteiger charge is 2.29. The van der Waals surface area contributed by atoms with E-state index >= 15 is 0 Å². The number of halogens is 3. The minimum Gasteiger partial charge on any atom is -0.508 e. The van der Waals surface area contributed by atoms with Gasteiger partial charge in [0.2, 0.25) is 5.91 Å². The normalized spacial score (nSPS) is 11.8. The van der Waals surface area contributed by atoms with E-state index in [4.69, 9.17) is 5.26 Å². The van der Waals surface area contributed by atoms with Gasteiger partial charge in [0.05, 0.1) is 6.07 Å². The Morgan fingerprint density at radius 2 is 1.73 bits per heavy atom. The topological polar surface area (TPSA) is 114 Å². The van der Waals surface area contributed by atoms with Gasteiger partial charge in [-0.25, -0.2) is 4.79 Å². The summed E-state index contributed by atoms with van der Waals surface area (Å²) < 4.78 is 37.1. The number of benzene rings is 2. The Morgan fingerprint density at radius 3 is 2.30 bits per heavy atom. The van der Waals surface area contributed by atoms with Gasteiger partial charge in [-0.1, -0.05) is 12.1 Å². The maximum Gasteiger partial charge on any atom is 0.446 e. The Hall–Kier alpha value is -3.39. The van der Waals surface area contributed by atoms with Gasteiger partial charge >= 0.3 is 11.5 Å². The summed E-state index contributed by atoms with van der Waals surface area (Å²) in [5.74, 6) is -0.543. The second-order valence-corrected chi connectivity index (χ2v) is 7.11. The molecule has 0 radical (unpaired) electrons. The van der Waals surface area contributed by atoms with Crippen LogP contribution < -0.4 is 16.0 Å². The summed E-state index contributed by atoms with van der Waals surface area (Å²) in [6.07, 6.45) is 0.0894. The van der Waals surface area contributed by atoms with Crippen molar-refractivity contribution in [1.29, 1.82) is 5.26 Å². The number of urea groups is 1. The van der Waals surface area contributed by atoms with E-state index in [9.17, 15) is 27.9 Å². The first kappa shape index (κ1) is 22.9. The highest BCUT2D eigenvalue weighted by molar-refractivity contribution is 8.00. The first-order valence-corrected chi connectivity index (χ1v) is 9.34. The molecule has 0 saturated heterocycles. The number of carbonyl (C=O) groups is 2. The number of hydrogen-bond acceptors (Lipinski definition) is 5. The minimum atomic E-state index is -4.41. The number of nitrogens with one attached hydrogen (secondary N) is 3. The number of nitriles is 1. The van der Waals surface area contributed by atoms with Crippen molar-refractivity contribution in [2.45, 2.75) is 22.9 Å². The largest absolute Gasteiger partial charge is 0.508 e. The highest BCUT2D eigenvalue weighted by Crippen LogP contribution is 2.37. The van der Waals surface area contributed by atoms with Gasteiger partial charge in [-0.15, -0.1) is 0 Å². The molecular weight excluding hydrogens is 421 g/mol. The zero-order valence-corrected chi connectivity index (χ0v) is 16.2. The summed E-state index contributed by atoms with van der Waals surface area (Å²) in [6, 6.07) is 11.0. The molecule has 0 spiro atoms. The number of amides is 3. The van der Waals surface area contributed by atoms with Gasteiger partial charge in [-0.3, -0.25) is 4.79 Å². The van der Waals surface area contributed by atoms with Crippen molar-refractivity contribution in [3.63, 3.8) is 0 Å². The van der Waals surface area contributed by atoms with E-state index in [2.05, 4.69) is 16.0 Å². The lowest BCUT2D eigenvalue weighted by molar-refractivity contribution is -0.122. The molecule has 2 aromatic carbocycles. The molecule has 30 heavy (non-hydrogen) atoms. The number of carbonyl (C=O) groups excluding carboxylic acids is 2. The van der Waals surface area contributed by atoms with Crippen LogP contribution in [0.3, 0.4) is 0 Å². The third-order valence-corrected chi connectivity index (χ3v) is 4.42. The summed E-state index contributed by atoms with van der Waals surface area (Å²) in [7, 11) is 0. The average Bonchev–Trinajstić information content (AvgIpc) is 2.67. The van der Waals surface area contributed by atoms with Crippen LogP contribution in [0, 0.1) is 11.3 Å². The van der Waals surface area contributed by atoms with Gasteiger partial charge in [0.25, 0.3) is 0 Å². The van der Waals surface area contributed by atoms with Gasteiger partial charge < -0.3 is 21.1 Å². The summed E-state index contributed by atoms with van der Waals surface area (Å²) in [5.41, 5.74) is -3.52. The van der Waals surface area contributed by atoms with E-state index < -0.39 is 23.5 Å². The predicted molar refractivity (Wildman–Crippen MR) is 105 cm³/mol. The molecule has 3 amide bonds. The minimum absolute atomic E-state index is 0.0328. The molecule has 2 aromatic rings. The fourth-order valence-electron chi connectivity index (χ4n) is 2.39. The second-order valence-electron chi connectivity index (χ2n) is 5.97. The van der Waals surface area contributed by atoms with Crippen molar-refractivity contribution < 1.29 is 27.9 Å². The number of phenolic OH excluding ortho intramolecular Hbond substituents is 1. The summed E-state index contributed by atoms with van der Waals surface area (Å²) in [6.45, 7) is -0.244. The van der Waals surface area contributed by atoms with Gasteiger partial charge in [-0.2, -0.15) is 18.4 Å². The van der Waals surface area contributed by atoms with Crippen LogP contribution in [0.4, 0.5) is 23.7 Å². The van der Waals surface area contributed by atoms with E-state index in [0.717, 1.165) is 0 Å². The molecule has 1 unspecified atom stereocenters. The Labute approximate surface area is 174 Å². The Bertz CT molecular complexity index is 913. The van der Waals surface area contributed by atoms with Crippen LogP contribution in [0.25, 0.3) is 0 Å². The van der Waals surface area contributed by atoms with E-state index in [1.807, 2.05) is 0 Å². The van der Waals surface area contributed by atoms with Crippen LogP contribution in [0.5, 0.6) is 5.75 Å². The van der Waals surface area contributed by atoms with Crippen molar-refractivity contribution in [2.75, 3.05) is 11.9 Å². The molecule has 0 fully saturated rings. The number of alkyl halides is 3. The maximum atomic E-state index is 12.4. The maximum absolute atomic E-state index is 12.4. The number of thioether (sulfide) groups is 1. The van der Waals surface area contributed by atoms with Crippen molar-refractivity contribution in [1.82, 2.24) is 10.6 Å². The molecule has 2 rings (SSSR count). The standard InChI is InChI=1S/C19H17F3N4O3S/c20-19(21,22)30-15-7-3-13(4-8-15)25-18(29)26-16(17(28)24-10-9-23)11-12-1-5-14(27)6-2-12/h1-8,16,27H,10-11H2,(H,24,28)(H2,25,26,29). The third-order valence-electron chi connectivity index (χ3n) is 3.69. The second kappa shape index (κ2) is 10.4. The third kappa shape index (κ3) is 7.92. The van der Waals surface area contributed by atoms with Crippen LogP contribution in [0.15, 0.2) is 53.4 Å². The number of anilines is 1. The Balaban J connectivity index is 2.03. The summed E-state index contributed by atoms with van der Waals surface area (Å²) >= 11 is -0.273. The molecule has 1 atom stereocenters. The molecule has 4 N–H and O–H groups in total. The molecule has 7 nitrogen and oxygen atoms in total. The van der Waals surface area contributed by atoms with Gasteiger partial charge in [0.15, 0.2) is 0 Å². The zero-order chi connectivity index (χ0) is 22.1. The SMILES string of the molecule is N#CCNC(=O)C(Cc1ccc(O)cc1)NC(=O)Nc1ccc(SC(F)(F)F)cc1. The van der Waals surface area contributed by atoms with E-state index in [-0.39, 0.29) is 41.1 Å². The first-order valence-electron chi connectivity index (χ1n) is 8.52. The monoisotopic (exact) mass is 438 g/mol. The number of rotatable bonds is 7. The smallest absolute Gasteiger partial charge is 0.446 e. The van der Waals surface area contributed by atoms with Gasteiger partial charge in [0, 0.05) is 17.0 Å². The lowest BCUT2D eigenvalue weighted by Gasteiger charge is -2.18. The lowest BCUT2D eigenvalue weighted by Crippen LogP contribution is -2.49. The quantitative estimate of drug-likeness (QED) is 0.391. The Morgan fingerprint density at radius 1 is 1.10 bits per heavy atom. The molecule has 0 aliphatic heterocycles. The molecule has 0 aromatic heterocycles. The zero-order valence-electron chi connectivity index (χ0n) is 15.4. The van der Waals surface area contributed by atoms with Gasteiger partial charge in [-0.05, 0) is 53.7 Å². The van der Waals surface area contributed by atoms with E-state index in [1.165, 1.54) is 36.4 Å². The van der Waals surface area contributed by atoms with Crippen molar-refractivity contribution in [3.05, 3.63) is 54.1 Å². The summed E-state index contributed by atoms with van der Waals surface area (Å²) in [4.78, 5) is 24.5. The number of phenols is 1. The molecule has 0 bridgehead atoms. The molecule has 0 heterocycles. The molecule has 0 aliphatic carbocycles. The van der Waals surface area contributed by atoms with Crippen molar-refractivity contribution in [2.24, 2.45) is 0 Å². The molecular formula is C19H17F3N4O3S. The fourth-order valence-corrected chi connectivity index (χ4v) is 2.93. The van der Waals surface area contributed by atoms with Crippen molar-refractivity contribution in [3.8, 4) is 11.8 Å². The molecule has 158 valence electrons. The Kier molecular flexibility index (Phi) is 7.94. The fraction of sp³-hybridized carbons (Fsp3) is 0.211. The average molecular weight is 438 g/mol. The lowest BCUT2D eigenvalue weighted by atomic mass is 10.1. The molecule has 0 aliphatic rings. The van der Waals surface area contributed by atoms with Crippen LogP contribution in [-0.2, 0) is 11.2 Å². The summed E-state index contributed by atoms with van der Waals surface area (Å²) in [5, 5.41) is 25.2. The number of hydrogen-bond donors (Lipinski definition) is 4. The number of nitrogens with zero attached hydrogens (tertiary/aromatic N) is 1. The number of aromatic hydroxyl groups is 1.